The molecule has 0 aromatic heterocycles. The van der Waals surface area contributed by atoms with Crippen molar-refractivity contribution in [1.29, 1.82) is 0 Å². The second-order valence-corrected chi connectivity index (χ2v) is 3.46. The third-order valence-electron chi connectivity index (χ3n) is 2.46. The molecule has 0 amide bonds. The number of phenolic OH excluding ortho intramolecular Hbond substituents is 1. The molecule has 3 N–H and O–H groups in total. The van der Waals surface area contributed by atoms with Crippen molar-refractivity contribution in [3.63, 3.8) is 0 Å². The Bertz CT molecular complexity index is 296. The molecule has 1 atom stereocenters. The Kier molecular flexibility index (Phi) is 1.77. The topological polar surface area (TPSA) is 46.2 Å². The normalized spacial score (nSPS) is 21.9. The van der Waals surface area contributed by atoms with Crippen LogP contribution in [0.2, 0.25) is 0 Å². The molecule has 12 heavy (non-hydrogen) atoms. The first-order chi connectivity index (χ1) is 5.75. The van der Waals surface area contributed by atoms with Crippen molar-refractivity contribution >= 4 is 0 Å². The van der Waals surface area contributed by atoms with Gasteiger partial charge in [0.15, 0.2) is 0 Å². The first-order valence-electron chi connectivity index (χ1n) is 4.32. The fourth-order valence-corrected chi connectivity index (χ4v) is 1.77. The standard InChI is InChI=1S/C10H13NO/c11-9-3-1-8-6-10(12)4-2-7(8)5-9/h2,4,6,9,12H,1,3,5,11H2/t9-/m0/s1. The van der Waals surface area contributed by atoms with Crippen molar-refractivity contribution < 1.29 is 5.11 Å². The highest BCUT2D eigenvalue weighted by Crippen LogP contribution is 2.23. The van der Waals surface area contributed by atoms with Crippen LogP contribution in [0, 0.1) is 0 Å². The first-order valence-corrected chi connectivity index (χ1v) is 4.32. The molecule has 0 saturated carbocycles. The minimum atomic E-state index is 0.307. The fourth-order valence-electron chi connectivity index (χ4n) is 1.77. The number of nitrogens with two attached hydrogens (primary N) is 1. The van der Waals surface area contributed by atoms with Gasteiger partial charge in [-0.1, -0.05) is 6.07 Å². The summed E-state index contributed by atoms with van der Waals surface area (Å²) in [6.07, 6.45) is 3.00. The summed E-state index contributed by atoms with van der Waals surface area (Å²) < 4.78 is 0. The summed E-state index contributed by atoms with van der Waals surface area (Å²) in [6.45, 7) is 0. The summed E-state index contributed by atoms with van der Waals surface area (Å²) >= 11 is 0. The average Bonchev–Trinajstić information content (AvgIpc) is 2.05. The van der Waals surface area contributed by atoms with Crippen molar-refractivity contribution in [2.24, 2.45) is 5.73 Å². The fraction of sp³-hybridized carbons (Fsp3) is 0.400. The molecule has 2 heteroatoms. The number of rotatable bonds is 0. The minimum Gasteiger partial charge on any atom is -0.508 e. The van der Waals surface area contributed by atoms with Crippen LogP contribution < -0.4 is 5.73 Å². The number of hydrogen-bond acceptors (Lipinski definition) is 2. The molecular weight excluding hydrogens is 150 g/mol. The molecule has 2 rings (SSSR count). The Hall–Kier alpha value is -1.02. The van der Waals surface area contributed by atoms with Gasteiger partial charge in [0.2, 0.25) is 0 Å². The van der Waals surface area contributed by atoms with E-state index in [0.29, 0.717) is 11.8 Å². The molecule has 0 aliphatic heterocycles. The van der Waals surface area contributed by atoms with Crippen LogP contribution in [0.5, 0.6) is 5.75 Å². The number of phenols is 1. The maximum Gasteiger partial charge on any atom is 0.115 e. The van der Waals surface area contributed by atoms with E-state index in [2.05, 4.69) is 0 Å². The van der Waals surface area contributed by atoms with Gasteiger partial charge < -0.3 is 10.8 Å². The second kappa shape index (κ2) is 2.79. The van der Waals surface area contributed by atoms with Gasteiger partial charge in [-0.2, -0.15) is 0 Å². The number of fused-ring (bicyclic) bond motifs is 1. The predicted octanol–water partition coefficient (Wildman–Crippen LogP) is 1.21. The maximum absolute atomic E-state index is 9.22. The van der Waals surface area contributed by atoms with Crippen molar-refractivity contribution in [3.05, 3.63) is 29.3 Å². The van der Waals surface area contributed by atoms with Crippen LogP contribution in [0.3, 0.4) is 0 Å². The Balaban J connectivity index is 2.37. The molecule has 1 aliphatic rings. The van der Waals surface area contributed by atoms with Gasteiger partial charge >= 0.3 is 0 Å². The highest BCUT2D eigenvalue weighted by molar-refractivity contribution is 5.36. The number of benzene rings is 1. The van der Waals surface area contributed by atoms with E-state index in [1.54, 1.807) is 6.07 Å². The second-order valence-electron chi connectivity index (χ2n) is 3.46. The van der Waals surface area contributed by atoms with E-state index in [9.17, 15) is 5.11 Å². The van der Waals surface area contributed by atoms with Crippen molar-refractivity contribution in [3.8, 4) is 5.75 Å². The third kappa shape index (κ3) is 1.30. The first kappa shape index (κ1) is 7.62. The molecule has 0 unspecified atom stereocenters. The van der Waals surface area contributed by atoms with E-state index in [1.165, 1.54) is 11.1 Å². The molecule has 1 aliphatic carbocycles. The van der Waals surface area contributed by atoms with Crippen LogP contribution in [0.25, 0.3) is 0 Å². The molecule has 0 heterocycles. The lowest BCUT2D eigenvalue weighted by Gasteiger charge is -2.21. The molecule has 1 aromatic carbocycles. The van der Waals surface area contributed by atoms with E-state index in [0.717, 1.165) is 19.3 Å². The summed E-state index contributed by atoms with van der Waals surface area (Å²) in [5.74, 6) is 0.365. The highest BCUT2D eigenvalue weighted by Gasteiger charge is 2.14. The van der Waals surface area contributed by atoms with Crippen LogP contribution in [-0.2, 0) is 12.8 Å². The van der Waals surface area contributed by atoms with E-state index in [-0.39, 0.29) is 0 Å². The van der Waals surface area contributed by atoms with Crippen molar-refractivity contribution in [1.82, 2.24) is 0 Å². The smallest absolute Gasteiger partial charge is 0.115 e. The minimum absolute atomic E-state index is 0.307. The zero-order chi connectivity index (χ0) is 8.55. The predicted molar refractivity (Wildman–Crippen MR) is 48.1 cm³/mol. The largest absolute Gasteiger partial charge is 0.508 e. The molecule has 1 aromatic rings. The van der Waals surface area contributed by atoms with Crippen LogP contribution in [0.15, 0.2) is 18.2 Å². The SMILES string of the molecule is N[C@H]1CCc2cc(O)ccc2C1. The summed E-state index contributed by atoms with van der Waals surface area (Å²) in [5, 5.41) is 9.22. The highest BCUT2D eigenvalue weighted by atomic mass is 16.3. The Labute approximate surface area is 72.0 Å². The van der Waals surface area contributed by atoms with Gasteiger partial charge in [-0.3, -0.25) is 0 Å². The molecule has 0 saturated heterocycles. The quantitative estimate of drug-likeness (QED) is 0.604. The molecule has 0 bridgehead atoms. The van der Waals surface area contributed by atoms with E-state index in [4.69, 9.17) is 5.73 Å². The van der Waals surface area contributed by atoms with E-state index in [1.807, 2.05) is 12.1 Å². The lowest BCUT2D eigenvalue weighted by atomic mass is 9.89. The van der Waals surface area contributed by atoms with Crippen molar-refractivity contribution in [2.75, 3.05) is 0 Å². The van der Waals surface area contributed by atoms with Gasteiger partial charge in [-0.05, 0) is 42.5 Å². The van der Waals surface area contributed by atoms with Crippen LogP contribution in [0.1, 0.15) is 17.5 Å². The van der Waals surface area contributed by atoms with Gasteiger partial charge in [-0.25, -0.2) is 0 Å². The van der Waals surface area contributed by atoms with Crippen LogP contribution >= 0.6 is 0 Å². The number of aromatic hydroxyl groups is 1. The monoisotopic (exact) mass is 163 g/mol. The molecule has 0 spiro atoms. The van der Waals surface area contributed by atoms with Crippen molar-refractivity contribution in [2.45, 2.75) is 25.3 Å². The van der Waals surface area contributed by atoms with Gasteiger partial charge in [0.1, 0.15) is 5.75 Å². The van der Waals surface area contributed by atoms with Gasteiger partial charge in [0.25, 0.3) is 0 Å². The van der Waals surface area contributed by atoms with Gasteiger partial charge in [0.05, 0.1) is 0 Å². The Morgan fingerprint density at radius 1 is 1.33 bits per heavy atom. The van der Waals surface area contributed by atoms with Crippen LogP contribution in [0.4, 0.5) is 0 Å². The zero-order valence-electron chi connectivity index (χ0n) is 6.96. The summed E-state index contributed by atoms with van der Waals surface area (Å²) in [7, 11) is 0. The molecule has 0 radical (unpaired) electrons. The van der Waals surface area contributed by atoms with Gasteiger partial charge in [-0.15, -0.1) is 0 Å². The lowest BCUT2D eigenvalue weighted by Crippen LogP contribution is -2.27. The molecule has 2 nitrogen and oxygen atoms in total. The summed E-state index contributed by atoms with van der Waals surface area (Å²) in [5.41, 5.74) is 8.38. The maximum atomic E-state index is 9.22. The van der Waals surface area contributed by atoms with E-state index >= 15 is 0 Å². The summed E-state index contributed by atoms with van der Waals surface area (Å²) in [6, 6.07) is 5.86. The van der Waals surface area contributed by atoms with Gasteiger partial charge in [0, 0.05) is 6.04 Å². The average molecular weight is 163 g/mol. The lowest BCUT2D eigenvalue weighted by molar-refractivity contribution is 0.472. The Morgan fingerprint density at radius 2 is 2.17 bits per heavy atom. The molecule has 0 fully saturated rings. The third-order valence-corrected chi connectivity index (χ3v) is 2.46. The van der Waals surface area contributed by atoms with Crippen LogP contribution in [-0.4, -0.2) is 11.1 Å². The van der Waals surface area contributed by atoms with E-state index < -0.39 is 0 Å². The zero-order valence-corrected chi connectivity index (χ0v) is 6.96. The summed E-state index contributed by atoms with van der Waals surface area (Å²) in [4.78, 5) is 0. The Morgan fingerprint density at radius 3 is 3.00 bits per heavy atom. The molecular formula is C10H13NO. The number of hydrogen-bond donors (Lipinski definition) is 2. The molecule has 64 valence electrons. The number of aryl methyl sites for hydroxylation is 1.